The van der Waals surface area contributed by atoms with Gasteiger partial charge in [0.1, 0.15) is 5.75 Å². The van der Waals surface area contributed by atoms with Gasteiger partial charge in [-0.1, -0.05) is 32.9 Å². The van der Waals surface area contributed by atoms with E-state index in [1.165, 1.54) is 12.0 Å². The zero-order valence-electron chi connectivity index (χ0n) is 11.1. The molecule has 0 bridgehead atoms. The minimum atomic E-state index is 0.507. The van der Waals surface area contributed by atoms with Gasteiger partial charge in [-0.3, -0.25) is 0 Å². The first-order valence-electron chi connectivity index (χ1n) is 6.61. The molecule has 17 heavy (non-hydrogen) atoms. The van der Waals surface area contributed by atoms with Crippen LogP contribution in [0.1, 0.15) is 38.8 Å². The van der Waals surface area contributed by atoms with Crippen LogP contribution in [0.3, 0.4) is 0 Å². The van der Waals surface area contributed by atoms with E-state index in [0.29, 0.717) is 12.0 Å². The van der Waals surface area contributed by atoms with Crippen LogP contribution in [0.15, 0.2) is 24.3 Å². The normalized spacial score (nSPS) is 24.2. The third-order valence-corrected chi connectivity index (χ3v) is 3.19. The minimum Gasteiger partial charge on any atom is -0.493 e. The van der Waals surface area contributed by atoms with E-state index >= 15 is 0 Å². The summed E-state index contributed by atoms with van der Waals surface area (Å²) >= 11 is 0. The molecule has 1 aromatic rings. The lowest BCUT2D eigenvalue weighted by Crippen LogP contribution is -2.13. The Morgan fingerprint density at radius 3 is 2.88 bits per heavy atom. The van der Waals surface area contributed by atoms with E-state index in [4.69, 9.17) is 4.74 Å². The minimum absolute atomic E-state index is 0.507. The summed E-state index contributed by atoms with van der Waals surface area (Å²) in [5, 5.41) is 3.56. The van der Waals surface area contributed by atoms with Crippen molar-refractivity contribution in [2.24, 2.45) is 11.8 Å². The van der Waals surface area contributed by atoms with Crippen molar-refractivity contribution in [3.8, 4) is 5.75 Å². The van der Waals surface area contributed by atoms with E-state index in [9.17, 15) is 0 Å². The molecule has 94 valence electrons. The van der Waals surface area contributed by atoms with E-state index in [-0.39, 0.29) is 0 Å². The van der Waals surface area contributed by atoms with Gasteiger partial charge in [0.15, 0.2) is 0 Å². The van der Waals surface area contributed by atoms with E-state index in [0.717, 1.165) is 24.8 Å². The molecule has 2 atom stereocenters. The molecule has 2 heteroatoms. The monoisotopic (exact) mass is 233 g/mol. The van der Waals surface area contributed by atoms with Crippen molar-refractivity contribution >= 4 is 0 Å². The fraction of sp³-hybridized carbons (Fsp3) is 0.600. The quantitative estimate of drug-likeness (QED) is 0.860. The van der Waals surface area contributed by atoms with Crippen LogP contribution in [0.2, 0.25) is 0 Å². The fourth-order valence-electron chi connectivity index (χ4n) is 2.25. The first-order chi connectivity index (χ1) is 8.15. The molecule has 0 spiro atoms. The van der Waals surface area contributed by atoms with E-state index in [1.54, 1.807) is 0 Å². The van der Waals surface area contributed by atoms with Crippen molar-refractivity contribution in [1.29, 1.82) is 0 Å². The summed E-state index contributed by atoms with van der Waals surface area (Å²) in [5.74, 6) is 2.35. The lowest BCUT2D eigenvalue weighted by atomic mass is 10.0. The second-order valence-electron chi connectivity index (χ2n) is 5.58. The van der Waals surface area contributed by atoms with Gasteiger partial charge in [-0.15, -0.1) is 0 Å². The Morgan fingerprint density at radius 1 is 1.41 bits per heavy atom. The number of hydrogen-bond donors (Lipinski definition) is 1. The standard InChI is InChI=1S/C15H23NO/c1-11(2)10-17-14-6-4-5-13(8-14)15-7-12(3)9-16-15/h4-6,8,11-12,15-16H,7,9-10H2,1-3H3/t12-,15-/m1/s1. The number of rotatable bonds is 4. The second-order valence-corrected chi connectivity index (χ2v) is 5.58. The average Bonchev–Trinajstić information content (AvgIpc) is 2.74. The maximum Gasteiger partial charge on any atom is 0.119 e. The third kappa shape index (κ3) is 3.47. The summed E-state index contributed by atoms with van der Waals surface area (Å²) in [6.07, 6.45) is 1.23. The van der Waals surface area contributed by atoms with Crippen LogP contribution in [-0.4, -0.2) is 13.2 Å². The predicted molar refractivity (Wildman–Crippen MR) is 71.3 cm³/mol. The van der Waals surface area contributed by atoms with Gasteiger partial charge in [-0.05, 0) is 42.5 Å². The maximum absolute atomic E-state index is 5.77. The lowest BCUT2D eigenvalue weighted by molar-refractivity contribution is 0.270. The first-order valence-corrected chi connectivity index (χ1v) is 6.61. The summed E-state index contributed by atoms with van der Waals surface area (Å²) in [6, 6.07) is 9.02. The van der Waals surface area contributed by atoms with Crippen LogP contribution in [-0.2, 0) is 0 Å². The number of nitrogens with one attached hydrogen (secondary N) is 1. The van der Waals surface area contributed by atoms with Gasteiger partial charge in [-0.2, -0.15) is 0 Å². The van der Waals surface area contributed by atoms with Gasteiger partial charge in [0.05, 0.1) is 6.61 Å². The van der Waals surface area contributed by atoms with Crippen LogP contribution in [0.4, 0.5) is 0 Å². The molecule has 0 saturated carbocycles. The van der Waals surface area contributed by atoms with E-state index < -0.39 is 0 Å². The highest BCUT2D eigenvalue weighted by molar-refractivity contribution is 5.31. The van der Waals surface area contributed by atoms with Crippen molar-refractivity contribution in [3.05, 3.63) is 29.8 Å². The summed E-state index contributed by atoms with van der Waals surface area (Å²) in [4.78, 5) is 0. The van der Waals surface area contributed by atoms with Crippen molar-refractivity contribution in [3.63, 3.8) is 0 Å². The van der Waals surface area contributed by atoms with Crippen molar-refractivity contribution in [2.45, 2.75) is 33.2 Å². The maximum atomic E-state index is 5.77. The van der Waals surface area contributed by atoms with Crippen molar-refractivity contribution in [2.75, 3.05) is 13.2 Å². The summed E-state index contributed by atoms with van der Waals surface area (Å²) in [7, 11) is 0. The largest absolute Gasteiger partial charge is 0.493 e. The lowest BCUT2D eigenvalue weighted by Gasteiger charge is -2.14. The third-order valence-electron chi connectivity index (χ3n) is 3.19. The highest BCUT2D eigenvalue weighted by atomic mass is 16.5. The summed E-state index contributed by atoms with van der Waals surface area (Å²) < 4.78 is 5.77. The average molecular weight is 233 g/mol. The molecular weight excluding hydrogens is 210 g/mol. The molecule has 0 radical (unpaired) electrons. The summed E-state index contributed by atoms with van der Waals surface area (Å²) in [6.45, 7) is 8.56. The molecule has 0 aromatic heterocycles. The zero-order valence-corrected chi connectivity index (χ0v) is 11.1. The van der Waals surface area contributed by atoms with Gasteiger partial charge in [0, 0.05) is 6.04 Å². The molecule has 0 amide bonds. The Hall–Kier alpha value is -1.02. The van der Waals surface area contributed by atoms with Crippen LogP contribution in [0.5, 0.6) is 5.75 Å². The Bertz CT molecular complexity index is 362. The van der Waals surface area contributed by atoms with Gasteiger partial charge in [0.25, 0.3) is 0 Å². The van der Waals surface area contributed by atoms with Crippen LogP contribution in [0.25, 0.3) is 0 Å². The highest BCUT2D eigenvalue weighted by Gasteiger charge is 2.21. The topological polar surface area (TPSA) is 21.3 Å². The fourth-order valence-corrected chi connectivity index (χ4v) is 2.25. The SMILES string of the molecule is CC(C)COc1cccc([C@H]2C[C@@H](C)CN2)c1. The van der Waals surface area contributed by atoms with Crippen molar-refractivity contribution < 1.29 is 4.74 Å². The molecule has 1 N–H and O–H groups in total. The Balaban J connectivity index is 2.01. The van der Waals surface area contributed by atoms with Crippen LogP contribution in [0, 0.1) is 11.8 Å². The van der Waals surface area contributed by atoms with Gasteiger partial charge in [-0.25, -0.2) is 0 Å². The Labute approximate surface area is 104 Å². The molecule has 2 nitrogen and oxygen atoms in total. The van der Waals surface area contributed by atoms with Crippen LogP contribution < -0.4 is 10.1 Å². The second kappa shape index (κ2) is 5.54. The van der Waals surface area contributed by atoms with Gasteiger partial charge < -0.3 is 10.1 Å². The van der Waals surface area contributed by atoms with E-state index in [2.05, 4.69) is 44.3 Å². The molecule has 1 saturated heterocycles. The van der Waals surface area contributed by atoms with E-state index in [1.807, 2.05) is 6.07 Å². The Kier molecular flexibility index (Phi) is 4.06. The highest BCUT2D eigenvalue weighted by Crippen LogP contribution is 2.28. The van der Waals surface area contributed by atoms with Gasteiger partial charge >= 0.3 is 0 Å². The molecule has 0 aliphatic carbocycles. The molecule has 1 fully saturated rings. The predicted octanol–water partition coefficient (Wildman–Crippen LogP) is 3.39. The van der Waals surface area contributed by atoms with Crippen molar-refractivity contribution in [1.82, 2.24) is 5.32 Å². The number of hydrogen-bond acceptors (Lipinski definition) is 2. The molecular formula is C15H23NO. The van der Waals surface area contributed by atoms with Gasteiger partial charge in [0.2, 0.25) is 0 Å². The molecule has 2 rings (SSSR count). The Morgan fingerprint density at radius 2 is 2.24 bits per heavy atom. The molecule has 1 aromatic carbocycles. The molecule has 1 heterocycles. The molecule has 0 unspecified atom stereocenters. The first kappa shape index (κ1) is 12.4. The smallest absolute Gasteiger partial charge is 0.119 e. The molecule has 1 aliphatic heterocycles. The molecule has 1 aliphatic rings. The summed E-state index contributed by atoms with van der Waals surface area (Å²) in [5.41, 5.74) is 1.36. The number of benzene rings is 1. The zero-order chi connectivity index (χ0) is 12.3. The van der Waals surface area contributed by atoms with Crippen LogP contribution >= 0.6 is 0 Å². The number of ether oxygens (including phenoxy) is 1.